The van der Waals surface area contributed by atoms with Gasteiger partial charge in [-0.15, -0.1) is 0 Å². The summed E-state index contributed by atoms with van der Waals surface area (Å²) in [5.41, 5.74) is 1.23. The van der Waals surface area contributed by atoms with Crippen molar-refractivity contribution < 1.29 is 28.6 Å². The first-order valence-electron chi connectivity index (χ1n) is 10.0. The predicted molar refractivity (Wildman–Crippen MR) is 133 cm³/mol. The maximum atomic E-state index is 12.8. The maximum absolute atomic E-state index is 12.8. The van der Waals surface area contributed by atoms with E-state index in [1.54, 1.807) is 37.3 Å². The van der Waals surface area contributed by atoms with Gasteiger partial charge in [-0.3, -0.25) is 14.5 Å². The van der Waals surface area contributed by atoms with Crippen LogP contribution in [0.15, 0.2) is 35.2 Å². The summed E-state index contributed by atoms with van der Waals surface area (Å²) in [6, 6.07) is 7.25. The summed E-state index contributed by atoms with van der Waals surface area (Å²) in [5.74, 6) is -0.625. The lowest BCUT2D eigenvalue weighted by molar-refractivity contribution is -0.148. The molecule has 11 heteroatoms. The molecule has 180 valence electrons. The molecule has 1 saturated heterocycles. The lowest BCUT2D eigenvalue weighted by atomic mass is 10.1. The number of halogens is 3. The third kappa shape index (κ3) is 5.81. The lowest BCUT2D eigenvalue weighted by Crippen LogP contribution is -2.42. The first-order chi connectivity index (χ1) is 16.2. The molecule has 2 aromatic carbocycles. The fraction of sp³-hybridized carbons (Fsp3) is 0.261. The SMILES string of the molecule is CCOc1cc(/C=C2/SC(=O)N([C@@H](C)C(=O)OC)C2=O)cc(Cl)c1OCc1ccc(Cl)cc1Cl. The number of hydrogen-bond acceptors (Lipinski definition) is 7. The molecule has 2 aromatic rings. The Morgan fingerprint density at radius 2 is 1.85 bits per heavy atom. The van der Waals surface area contributed by atoms with Crippen LogP contribution in [0, 0.1) is 0 Å². The van der Waals surface area contributed by atoms with Crippen molar-refractivity contribution in [3.63, 3.8) is 0 Å². The van der Waals surface area contributed by atoms with Crippen LogP contribution >= 0.6 is 46.6 Å². The van der Waals surface area contributed by atoms with Gasteiger partial charge in [-0.2, -0.15) is 0 Å². The molecule has 7 nitrogen and oxygen atoms in total. The zero-order valence-electron chi connectivity index (χ0n) is 18.4. The molecule has 1 aliphatic rings. The van der Waals surface area contributed by atoms with E-state index < -0.39 is 23.2 Å². The summed E-state index contributed by atoms with van der Waals surface area (Å²) in [7, 11) is 1.19. The summed E-state index contributed by atoms with van der Waals surface area (Å²) in [6.07, 6.45) is 1.50. The van der Waals surface area contributed by atoms with Gasteiger partial charge in [0.25, 0.3) is 11.1 Å². The van der Waals surface area contributed by atoms with E-state index in [1.165, 1.54) is 20.1 Å². The van der Waals surface area contributed by atoms with Crippen LogP contribution < -0.4 is 9.47 Å². The van der Waals surface area contributed by atoms with Crippen LogP contribution in [0.1, 0.15) is 25.0 Å². The summed E-state index contributed by atoms with van der Waals surface area (Å²) in [5, 5.41) is 0.640. The molecular weight excluding hydrogens is 525 g/mol. The molecule has 0 aliphatic carbocycles. The van der Waals surface area contributed by atoms with Gasteiger partial charge in [0.1, 0.15) is 12.6 Å². The van der Waals surface area contributed by atoms with Crippen molar-refractivity contribution in [1.29, 1.82) is 0 Å². The van der Waals surface area contributed by atoms with Gasteiger partial charge >= 0.3 is 5.97 Å². The highest BCUT2D eigenvalue weighted by Crippen LogP contribution is 2.40. The van der Waals surface area contributed by atoms with Crippen molar-refractivity contribution in [2.24, 2.45) is 0 Å². The van der Waals surface area contributed by atoms with Crippen molar-refractivity contribution in [2.45, 2.75) is 26.5 Å². The number of methoxy groups -OCH3 is 1. The Labute approximate surface area is 215 Å². The lowest BCUT2D eigenvalue weighted by Gasteiger charge is -2.18. The smallest absolute Gasteiger partial charge is 0.328 e. The average Bonchev–Trinajstić information content (AvgIpc) is 3.06. The van der Waals surface area contributed by atoms with Crippen LogP contribution in [0.4, 0.5) is 4.79 Å². The highest BCUT2D eigenvalue weighted by molar-refractivity contribution is 8.18. The number of imide groups is 1. The van der Waals surface area contributed by atoms with Crippen LogP contribution in [0.25, 0.3) is 6.08 Å². The summed E-state index contributed by atoms with van der Waals surface area (Å²) in [4.78, 5) is 37.9. The minimum atomic E-state index is -1.04. The molecule has 0 unspecified atom stereocenters. The van der Waals surface area contributed by atoms with Gasteiger partial charge in [-0.25, -0.2) is 4.79 Å². The summed E-state index contributed by atoms with van der Waals surface area (Å²) in [6.45, 7) is 3.69. The summed E-state index contributed by atoms with van der Waals surface area (Å²) >= 11 is 19.3. The number of carbonyl (C=O) groups excluding carboxylic acids is 3. The third-order valence-electron chi connectivity index (χ3n) is 4.77. The van der Waals surface area contributed by atoms with E-state index in [-0.39, 0.29) is 16.5 Å². The molecule has 1 fully saturated rings. The van der Waals surface area contributed by atoms with Crippen LogP contribution in [-0.2, 0) is 20.9 Å². The molecule has 0 N–H and O–H groups in total. The Morgan fingerprint density at radius 1 is 1.12 bits per heavy atom. The van der Waals surface area contributed by atoms with Gasteiger partial charge in [0.05, 0.1) is 23.6 Å². The zero-order valence-corrected chi connectivity index (χ0v) is 21.5. The maximum Gasteiger partial charge on any atom is 0.328 e. The van der Waals surface area contributed by atoms with E-state index in [1.807, 2.05) is 0 Å². The first kappa shape index (κ1) is 26.2. The quantitative estimate of drug-likeness (QED) is 0.288. The number of carbonyl (C=O) groups is 3. The molecule has 3 rings (SSSR count). The molecule has 0 saturated carbocycles. The normalized spacial score (nSPS) is 15.6. The van der Waals surface area contributed by atoms with Gasteiger partial charge in [0.15, 0.2) is 11.5 Å². The van der Waals surface area contributed by atoms with E-state index in [9.17, 15) is 14.4 Å². The molecule has 0 spiro atoms. The van der Waals surface area contributed by atoms with Gasteiger partial charge in [0.2, 0.25) is 0 Å². The topological polar surface area (TPSA) is 82.1 Å². The third-order valence-corrected chi connectivity index (χ3v) is 6.52. The Balaban J connectivity index is 1.87. The fourth-order valence-electron chi connectivity index (χ4n) is 3.10. The van der Waals surface area contributed by atoms with Gasteiger partial charge < -0.3 is 14.2 Å². The molecule has 0 radical (unpaired) electrons. The average molecular weight is 545 g/mol. The van der Waals surface area contributed by atoms with Gasteiger partial charge in [-0.05, 0) is 61.5 Å². The number of thioether (sulfide) groups is 1. The molecule has 1 atom stereocenters. The van der Waals surface area contributed by atoms with Gasteiger partial charge in [-0.1, -0.05) is 40.9 Å². The Kier molecular flexibility index (Phi) is 8.76. The van der Waals surface area contributed by atoms with E-state index in [4.69, 9.17) is 44.3 Å². The van der Waals surface area contributed by atoms with Crippen molar-refractivity contribution >= 4 is 69.8 Å². The number of ether oxygens (including phenoxy) is 3. The molecule has 0 aromatic heterocycles. The van der Waals surface area contributed by atoms with Crippen molar-refractivity contribution in [2.75, 3.05) is 13.7 Å². The Bertz CT molecular complexity index is 1170. The van der Waals surface area contributed by atoms with E-state index in [0.29, 0.717) is 39.3 Å². The molecule has 34 heavy (non-hydrogen) atoms. The number of nitrogens with zero attached hydrogens (tertiary/aromatic N) is 1. The molecule has 0 bridgehead atoms. The highest BCUT2D eigenvalue weighted by Gasteiger charge is 2.41. The largest absolute Gasteiger partial charge is 0.490 e. The second-order valence-corrected chi connectivity index (χ2v) is 9.28. The Hall–Kier alpha value is -2.39. The van der Waals surface area contributed by atoms with Crippen molar-refractivity contribution in [1.82, 2.24) is 4.90 Å². The predicted octanol–water partition coefficient (Wildman–Crippen LogP) is 6.22. The summed E-state index contributed by atoms with van der Waals surface area (Å²) < 4.78 is 16.2. The minimum absolute atomic E-state index is 0.124. The second kappa shape index (κ2) is 11.4. The number of rotatable bonds is 8. The molecular formula is C23H20Cl3NO6S. The number of amides is 2. The number of hydrogen-bond donors (Lipinski definition) is 0. The van der Waals surface area contributed by atoms with Gasteiger partial charge in [0, 0.05) is 15.6 Å². The molecule has 2 amide bonds. The fourth-order valence-corrected chi connectivity index (χ4v) is 4.75. The van der Waals surface area contributed by atoms with Crippen LogP contribution in [-0.4, -0.2) is 41.8 Å². The van der Waals surface area contributed by atoms with Crippen molar-refractivity contribution in [3.05, 3.63) is 61.4 Å². The van der Waals surface area contributed by atoms with E-state index in [0.717, 1.165) is 16.7 Å². The second-order valence-electron chi connectivity index (χ2n) is 7.04. The monoisotopic (exact) mass is 543 g/mol. The van der Waals surface area contributed by atoms with E-state index in [2.05, 4.69) is 4.74 Å². The number of esters is 1. The Morgan fingerprint density at radius 3 is 2.50 bits per heavy atom. The van der Waals surface area contributed by atoms with Crippen LogP contribution in [0.2, 0.25) is 15.1 Å². The minimum Gasteiger partial charge on any atom is -0.490 e. The van der Waals surface area contributed by atoms with Crippen LogP contribution in [0.5, 0.6) is 11.5 Å². The van der Waals surface area contributed by atoms with E-state index >= 15 is 0 Å². The highest BCUT2D eigenvalue weighted by atomic mass is 35.5. The van der Waals surface area contributed by atoms with Crippen LogP contribution in [0.3, 0.4) is 0 Å². The number of benzene rings is 2. The molecule has 1 heterocycles. The standard InChI is InChI=1S/C23H20Cl3NO6S/c1-4-32-18-8-13(9-19-21(28)27(23(30)34-19)12(2)22(29)31-3)7-17(26)20(18)33-11-14-5-6-15(24)10-16(14)25/h5-10,12H,4,11H2,1-3H3/b19-9+/t12-/m0/s1. The molecule has 1 aliphatic heterocycles. The zero-order chi connectivity index (χ0) is 25.0. The van der Waals surface area contributed by atoms with Crippen molar-refractivity contribution in [3.8, 4) is 11.5 Å². The first-order valence-corrected chi connectivity index (χ1v) is 12.0.